The van der Waals surface area contributed by atoms with Crippen molar-refractivity contribution < 1.29 is 8.42 Å². The Morgan fingerprint density at radius 2 is 2.18 bits per heavy atom. The second kappa shape index (κ2) is 4.40. The minimum absolute atomic E-state index is 0.0785. The molecule has 1 aliphatic heterocycles. The van der Waals surface area contributed by atoms with Crippen LogP contribution in [0.2, 0.25) is 0 Å². The van der Waals surface area contributed by atoms with Crippen molar-refractivity contribution in [2.45, 2.75) is 24.3 Å². The van der Waals surface area contributed by atoms with E-state index in [0.717, 1.165) is 6.42 Å². The summed E-state index contributed by atoms with van der Waals surface area (Å²) in [5.74, 6) is 0.296. The Labute approximate surface area is 101 Å². The highest BCUT2D eigenvalue weighted by atomic mass is 32.2. The summed E-state index contributed by atoms with van der Waals surface area (Å²) < 4.78 is 27.6. The average Bonchev–Trinajstić information content (AvgIpc) is 2.64. The Morgan fingerprint density at radius 1 is 1.47 bits per heavy atom. The van der Waals surface area contributed by atoms with Crippen LogP contribution < -0.4 is 5.73 Å². The van der Waals surface area contributed by atoms with Crippen LogP contribution in [0.15, 0.2) is 17.3 Å². The van der Waals surface area contributed by atoms with Crippen LogP contribution in [-0.2, 0) is 17.1 Å². The lowest BCUT2D eigenvalue weighted by Gasteiger charge is -2.33. The van der Waals surface area contributed by atoms with E-state index in [0.29, 0.717) is 19.0 Å². The second-order valence-corrected chi connectivity index (χ2v) is 6.71. The summed E-state index contributed by atoms with van der Waals surface area (Å²) in [5, 5.41) is 3.90. The Morgan fingerprint density at radius 3 is 2.71 bits per heavy atom. The summed E-state index contributed by atoms with van der Waals surface area (Å²) in [6.07, 6.45) is 3.76. The lowest BCUT2D eigenvalue weighted by Crippen LogP contribution is -2.48. The quantitative estimate of drug-likeness (QED) is 0.795. The highest BCUT2D eigenvalue weighted by Crippen LogP contribution is 2.22. The molecule has 96 valence electrons. The lowest BCUT2D eigenvalue weighted by molar-refractivity contribution is 0.254. The molecule has 0 aromatic carbocycles. The summed E-state index contributed by atoms with van der Waals surface area (Å²) >= 11 is 0. The van der Waals surface area contributed by atoms with Gasteiger partial charge in [0.25, 0.3) is 0 Å². The first kappa shape index (κ1) is 12.5. The Hall–Kier alpha value is -0.920. The number of rotatable bonds is 2. The van der Waals surface area contributed by atoms with Crippen molar-refractivity contribution >= 4 is 10.0 Å². The zero-order valence-corrected chi connectivity index (χ0v) is 10.9. The topological polar surface area (TPSA) is 81.2 Å². The minimum atomic E-state index is -3.44. The van der Waals surface area contributed by atoms with Crippen LogP contribution in [0.4, 0.5) is 0 Å². The molecule has 0 saturated carbocycles. The standard InChI is InChI=1S/C10H18N4O2S/c1-8-3-9(11)6-14(5-8)17(15,16)10-4-12-13(2)7-10/h4,7-9H,3,5-6,11H2,1-2H3. The van der Waals surface area contributed by atoms with Crippen LogP contribution in [-0.4, -0.2) is 41.6 Å². The zero-order valence-electron chi connectivity index (χ0n) is 10.1. The predicted octanol–water partition coefficient (Wildman–Crippen LogP) is -0.222. The van der Waals surface area contributed by atoms with Crippen molar-refractivity contribution in [2.24, 2.45) is 18.7 Å². The van der Waals surface area contributed by atoms with Crippen molar-refractivity contribution in [1.29, 1.82) is 0 Å². The Bertz CT molecular complexity index is 486. The van der Waals surface area contributed by atoms with E-state index in [2.05, 4.69) is 5.10 Å². The van der Waals surface area contributed by atoms with Crippen LogP contribution in [0, 0.1) is 5.92 Å². The highest BCUT2D eigenvalue weighted by molar-refractivity contribution is 7.89. The molecule has 0 bridgehead atoms. The van der Waals surface area contributed by atoms with Crippen molar-refractivity contribution in [3.63, 3.8) is 0 Å². The molecule has 1 aromatic heterocycles. The van der Waals surface area contributed by atoms with Gasteiger partial charge in [0, 0.05) is 32.4 Å². The smallest absolute Gasteiger partial charge is 0.246 e. The highest BCUT2D eigenvalue weighted by Gasteiger charge is 2.32. The van der Waals surface area contributed by atoms with Gasteiger partial charge in [-0.15, -0.1) is 0 Å². The Balaban J connectivity index is 2.26. The normalized spacial score (nSPS) is 27.2. The van der Waals surface area contributed by atoms with E-state index in [1.54, 1.807) is 7.05 Å². The van der Waals surface area contributed by atoms with Crippen molar-refractivity contribution in [3.8, 4) is 0 Å². The van der Waals surface area contributed by atoms with Gasteiger partial charge in [-0.2, -0.15) is 9.40 Å². The summed E-state index contributed by atoms with van der Waals surface area (Å²) in [4.78, 5) is 0.237. The van der Waals surface area contributed by atoms with E-state index < -0.39 is 10.0 Å². The van der Waals surface area contributed by atoms with Crippen LogP contribution in [0.25, 0.3) is 0 Å². The summed E-state index contributed by atoms with van der Waals surface area (Å²) in [6, 6.07) is -0.0785. The van der Waals surface area contributed by atoms with E-state index in [1.165, 1.54) is 21.4 Å². The number of hydrogen-bond acceptors (Lipinski definition) is 4. The average molecular weight is 258 g/mol. The molecule has 2 N–H and O–H groups in total. The Kier molecular flexibility index (Phi) is 3.24. The number of aryl methyl sites for hydroxylation is 1. The maximum Gasteiger partial charge on any atom is 0.246 e. The minimum Gasteiger partial charge on any atom is -0.326 e. The molecule has 1 fully saturated rings. The molecule has 2 rings (SSSR count). The van der Waals surface area contributed by atoms with Crippen LogP contribution in [0.5, 0.6) is 0 Å². The van der Waals surface area contributed by atoms with E-state index in [9.17, 15) is 8.42 Å². The monoisotopic (exact) mass is 258 g/mol. The number of nitrogens with two attached hydrogens (primary N) is 1. The maximum atomic E-state index is 12.3. The van der Waals surface area contributed by atoms with Gasteiger partial charge >= 0.3 is 0 Å². The first-order valence-corrected chi connectivity index (χ1v) is 7.08. The first-order chi connectivity index (χ1) is 7.89. The van der Waals surface area contributed by atoms with Gasteiger partial charge in [-0.05, 0) is 12.3 Å². The number of hydrogen-bond donors (Lipinski definition) is 1. The third-order valence-electron chi connectivity index (χ3n) is 2.98. The SMILES string of the molecule is CC1CC(N)CN(S(=O)(=O)c2cnn(C)c2)C1. The first-order valence-electron chi connectivity index (χ1n) is 5.64. The van der Waals surface area contributed by atoms with Gasteiger partial charge in [0.05, 0.1) is 6.20 Å². The summed E-state index contributed by atoms with van der Waals surface area (Å²) in [5.41, 5.74) is 5.87. The molecule has 2 heterocycles. The summed E-state index contributed by atoms with van der Waals surface area (Å²) in [7, 11) is -1.74. The molecule has 2 atom stereocenters. The molecule has 1 saturated heterocycles. The second-order valence-electron chi connectivity index (χ2n) is 4.77. The van der Waals surface area contributed by atoms with Gasteiger partial charge in [-0.3, -0.25) is 4.68 Å². The molecule has 1 aliphatic rings. The van der Waals surface area contributed by atoms with Gasteiger partial charge in [-0.1, -0.05) is 6.92 Å². The van der Waals surface area contributed by atoms with E-state index >= 15 is 0 Å². The largest absolute Gasteiger partial charge is 0.326 e. The third kappa shape index (κ3) is 2.51. The molecule has 1 aromatic rings. The molecule has 0 spiro atoms. The van der Waals surface area contributed by atoms with Gasteiger partial charge in [0.2, 0.25) is 10.0 Å². The fourth-order valence-electron chi connectivity index (χ4n) is 2.23. The number of sulfonamides is 1. The number of aromatic nitrogens is 2. The molecule has 2 unspecified atom stereocenters. The molecule has 0 aliphatic carbocycles. The molecule has 0 amide bonds. The van der Waals surface area contributed by atoms with Crippen molar-refractivity contribution in [1.82, 2.24) is 14.1 Å². The van der Waals surface area contributed by atoms with E-state index in [1.807, 2.05) is 6.92 Å². The summed E-state index contributed by atoms with van der Waals surface area (Å²) in [6.45, 7) is 2.94. The number of nitrogens with zero attached hydrogens (tertiary/aromatic N) is 3. The van der Waals surface area contributed by atoms with Crippen LogP contribution >= 0.6 is 0 Å². The molecular weight excluding hydrogens is 240 g/mol. The molecule has 0 radical (unpaired) electrons. The fourth-order valence-corrected chi connectivity index (χ4v) is 3.83. The van der Waals surface area contributed by atoms with Gasteiger partial charge < -0.3 is 5.73 Å². The lowest BCUT2D eigenvalue weighted by atomic mass is 9.99. The molecular formula is C10H18N4O2S. The van der Waals surface area contributed by atoms with Gasteiger partial charge in [0.1, 0.15) is 4.90 Å². The predicted molar refractivity (Wildman–Crippen MR) is 63.7 cm³/mol. The zero-order chi connectivity index (χ0) is 12.6. The van der Waals surface area contributed by atoms with Crippen molar-refractivity contribution in [3.05, 3.63) is 12.4 Å². The molecule has 7 heteroatoms. The van der Waals surface area contributed by atoms with E-state index in [-0.39, 0.29) is 10.9 Å². The molecule has 6 nitrogen and oxygen atoms in total. The number of piperidine rings is 1. The van der Waals surface area contributed by atoms with Crippen molar-refractivity contribution in [2.75, 3.05) is 13.1 Å². The van der Waals surface area contributed by atoms with Gasteiger partial charge in [0.15, 0.2) is 0 Å². The fraction of sp³-hybridized carbons (Fsp3) is 0.700. The van der Waals surface area contributed by atoms with E-state index in [4.69, 9.17) is 5.73 Å². The molecule has 17 heavy (non-hydrogen) atoms. The third-order valence-corrected chi connectivity index (χ3v) is 4.76. The van der Waals surface area contributed by atoms with Crippen LogP contribution in [0.3, 0.4) is 0 Å². The maximum absolute atomic E-state index is 12.3. The van der Waals surface area contributed by atoms with Gasteiger partial charge in [-0.25, -0.2) is 8.42 Å². The van der Waals surface area contributed by atoms with Crippen LogP contribution in [0.1, 0.15) is 13.3 Å².